The van der Waals surface area contributed by atoms with E-state index in [2.05, 4.69) is 5.10 Å². The molecule has 1 aromatic rings. The summed E-state index contributed by atoms with van der Waals surface area (Å²) in [5.41, 5.74) is -0.686. The van der Waals surface area contributed by atoms with E-state index in [0.717, 1.165) is 4.68 Å². The van der Waals surface area contributed by atoms with E-state index < -0.39 is 29.7 Å². The molecule has 24 heavy (non-hydrogen) atoms. The van der Waals surface area contributed by atoms with Crippen molar-refractivity contribution in [3.05, 3.63) is 17.0 Å². The van der Waals surface area contributed by atoms with Crippen molar-refractivity contribution in [1.29, 1.82) is 0 Å². The molecule has 9 heteroatoms. The third kappa shape index (κ3) is 3.70. The van der Waals surface area contributed by atoms with Crippen LogP contribution in [0.2, 0.25) is 0 Å². The van der Waals surface area contributed by atoms with Gasteiger partial charge in [-0.2, -0.15) is 27.1 Å². The number of halogens is 5. The Labute approximate surface area is 136 Å². The average Bonchev–Trinajstić information content (AvgIpc) is 2.68. The second-order valence-corrected chi connectivity index (χ2v) is 6.19. The van der Waals surface area contributed by atoms with Crippen LogP contribution < -0.4 is 0 Å². The number of carbonyl (C=O) groups is 1. The fourth-order valence-corrected chi connectivity index (χ4v) is 2.96. The molecule has 1 fully saturated rings. The Hall–Kier alpha value is -1.67. The third-order valence-corrected chi connectivity index (χ3v) is 4.20. The van der Waals surface area contributed by atoms with Crippen molar-refractivity contribution in [2.75, 3.05) is 6.61 Å². The molecule has 0 unspecified atom stereocenters. The summed E-state index contributed by atoms with van der Waals surface area (Å²) >= 11 is 0. The molecule has 0 spiro atoms. The second kappa shape index (κ2) is 6.33. The monoisotopic (exact) mass is 354 g/mol. The van der Waals surface area contributed by atoms with Crippen molar-refractivity contribution in [2.45, 2.75) is 52.3 Å². The van der Waals surface area contributed by atoms with Gasteiger partial charge in [-0.05, 0) is 32.6 Å². The number of hydrogen-bond acceptors (Lipinski definition) is 3. The van der Waals surface area contributed by atoms with Gasteiger partial charge in [0.05, 0.1) is 12.5 Å². The molecule has 0 aliphatic heterocycles. The lowest BCUT2D eigenvalue weighted by molar-refractivity contribution is -0.205. The molecule has 4 nitrogen and oxygen atoms in total. The lowest BCUT2D eigenvalue weighted by Gasteiger charge is -2.36. The Kier molecular flexibility index (Phi) is 4.92. The van der Waals surface area contributed by atoms with Gasteiger partial charge in [-0.3, -0.25) is 4.68 Å². The van der Waals surface area contributed by atoms with Crippen molar-refractivity contribution in [3.63, 3.8) is 0 Å². The molecular formula is C15H19F5N2O2. The molecular weight excluding hydrogens is 335 g/mol. The molecule has 0 N–H and O–H groups in total. The number of aromatic nitrogens is 2. The Morgan fingerprint density at radius 1 is 1.29 bits per heavy atom. The van der Waals surface area contributed by atoms with Crippen LogP contribution in [-0.4, -0.2) is 28.5 Å². The molecule has 0 aromatic carbocycles. The minimum atomic E-state index is -4.25. The molecule has 136 valence electrons. The Morgan fingerprint density at radius 3 is 2.33 bits per heavy atom. The average molecular weight is 354 g/mol. The molecule has 1 aromatic heterocycles. The van der Waals surface area contributed by atoms with Gasteiger partial charge in [-0.15, -0.1) is 0 Å². The van der Waals surface area contributed by atoms with Crippen molar-refractivity contribution in [2.24, 2.45) is 11.8 Å². The van der Waals surface area contributed by atoms with Crippen molar-refractivity contribution < 1.29 is 31.5 Å². The van der Waals surface area contributed by atoms with Gasteiger partial charge in [0.2, 0.25) is 0 Å². The van der Waals surface area contributed by atoms with Crippen molar-refractivity contribution >= 4 is 5.97 Å². The minimum absolute atomic E-state index is 0.00681. The molecule has 1 aliphatic carbocycles. The van der Waals surface area contributed by atoms with Crippen LogP contribution in [0.4, 0.5) is 22.0 Å². The zero-order valence-corrected chi connectivity index (χ0v) is 13.6. The standard InChI is InChI=1S/C15H19F5N2O2/c1-4-24-13(23)11-8(2)12(14(3,16)17)21-22(11)7-9-5-10(6-9)15(18,19)20/h9-10H,4-7H2,1-3H3. The first-order chi connectivity index (χ1) is 10.9. The fourth-order valence-electron chi connectivity index (χ4n) is 2.96. The predicted octanol–water partition coefficient (Wildman–Crippen LogP) is 4.07. The van der Waals surface area contributed by atoms with Gasteiger partial charge in [0.25, 0.3) is 5.92 Å². The van der Waals surface area contributed by atoms with Gasteiger partial charge in [0.1, 0.15) is 11.4 Å². The first kappa shape index (κ1) is 18.7. The Balaban J connectivity index is 2.24. The van der Waals surface area contributed by atoms with E-state index in [1.54, 1.807) is 6.92 Å². The van der Waals surface area contributed by atoms with E-state index in [0.29, 0.717) is 6.92 Å². The van der Waals surface area contributed by atoms with Crippen LogP contribution in [0.5, 0.6) is 0 Å². The van der Waals surface area contributed by atoms with E-state index in [1.165, 1.54) is 6.92 Å². The summed E-state index contributed by atoms with van der Waals surface area (Å²) in [4.78, 5) is 12.0. The van der Waals surface area contributed by atoms with E-state index in [9.17, 15) is 26.7 Å². The minimum Gasteiger partial charge on any atom is -0.461 e. The highest BCUT2D eigenvalue weighted by Crippen LogP contribution is 2.45. The zero-order valence-electron chi connectivity index (χ0n) is 13.6. The summed E-state index contributed by atoms with van der Waals surface area (Å²) in [5, 5.41) is 3.78. The molecule has 2 rings (SSSR count). The Bertz CT molecular complexity index is 613. The number of carbonyl (C=O) groups excluding carboxylic acids is 1. The summed E-state index contributed by atoms with van der Waals surface area (Å²) in [6.45, 7) is 3.61. The summed E-state index contributed by atoms with van der Waals surface area (Å²) in [6.07, 6.45) is -4.44. The van der Waals surface area contributed by atoms with Crippen LogP contribution >= 0.6 is 0 Å². The summed E-state index contributed by atoms with van der Waals surface area (Å²) < 4.78 is 70.8. The van der Waals surface area contributed by atoms with Crippen LogP contribution in [-0.2, 0) is 17.2 Å². The summed E-state index contributed by atoms with van der Waals surface area (Å²) in [7, 11) is 0. The predicted molar refractivity (Wildman–Crippen MR) is 74.8 cm³/mol. The first-order valence-corrected chi connectivity index (χ1v) is 7.64. The highest BCUT2D eigenvalue weighted by molar-refractivity contribution is 5.89. The number of rotatable bonds is 5. The maximum atomic E-state index is 13.6. The van der Waals surface area contributed by atoms with Crippen molar-refractivity contribution in [3.8, 4) is 0 Å². The van der Waals surface area contributed by atoms with Crippen LogP contribution in [0.3, 0.4) is 0 Å². The SMILES string of the molecule is CCOC(=O)c1c(C)c(C(C)(F)F)nn1CC1CC(C(F)(F)F)C1. The highest BCUT2D eigenvalue weighted by atomic mass is 19.4. The molecule has 1 saturated carbocycles. The normalized spacial score (nSPS) is 21.5. The molecule has 0 bridgehead atoms. The topological polar surface area (TPSA) is 44.1 Å². The number of esters is 1. The molecule has 0 saturated heterocycles. The fraction of sp³-hybridized carbons (Fsp3) is 0.733. The van der Waals surface area contributed by atoms with Crippen LogP contribution in [0, 0.1) is 18.8 Å². The molecule has 1 aliphatic rings. The molecule has 0 amide bonds. The van der Waals surface area contributed by atoms with E-state index in [-0.39, 0.29) is 43.2 Å². The van der Waals surface area contributed by atoms with Crippen LogP contribution in [0.1, 0.15) is 48.4 Å². The number of alkyl halides is 5. The number of ether oxygens (including phenoxy) is 1. The quantitative estimate of drug-likeness (QED) is 0.591. The summed E-state index contributed by atoms with van der Waals surface area (Å²) in [6, 6.07) is 0. The van der Waals surface area contributed by atoms with E-state index in [1.807, 2.05) is 0 Å². The molecule has 1 heterocycles. The third-order valence-electron chi connectivity index (χ3n) is 4.20. The zero-order chi connectivity index (χ0) is 18.3. The van der Waals surface area contributed by atoms with Crippen LogP contribution in [0.25, 0.3) is 0 Å². The summed E-state index contributed by atoms with van der Waals surface area (Å²) in [5.74, 6) is -5.80. The Morgan fingerprint density at radius 2 is 1.88 bits per heavy atom. The van der Waals surface area contributed by atoms with Crippen molar-refractivity contribution in [1.82, 2.24) is 9.78 Å². The lowest BCUT2D eigenvalue weighted by atomic mass is 9.74. The number of nitrogens with zero attached hydrogens (tertiary/aromatic N) is 2. The molecule has 0 radical (unpaired) electrons. The smallest absolute Gasteiger partial charge is 0.391 e. The van der Waals surface area contributed by atoms with Gasteiger partial charge in [0.15, 0.2) is 0 Å². The number of hydrogen-bond donors (Lipinski definition) is 0. The first-order valence-electron chi connectivity index (χ1n) is 7.64. The largest absolute Gasteiger partial charge is 0.461 e. The van der Waals surface area contributed by atoms with Gasteiger partial charge >= 0.3 is 12.1 Å². The van der Waals surface area contributed by atoms with Crippen LogP contribution in [0.15, 0.2) is 0 Å². The maximum absolute atomic E-state index is 13.6. The van der Waals surface area contributed by atoms with Gasteiger partial charge in [-0.25, -0.2) is 4.79 Å². The maximum Gasteiger partial charge on any atom is 0.391 e. The van der Waals surface area contributed by atoms with E-state index in [4.69, 9.17) is 4.74 Å². The van der Waals surface area contributed by atoms with Gasteiger partial charge in [0, 0.05) is 19.0 Å². The van der Waals surface area contributed by atoms with Gasteiger partial charge in [-0.1, -0.05) is 0 Å². The van der Waals surface area contributed by atoms with Gasteiger partial charge < -0.3 is 4.74 Å². The molecule has 0 atom stereocenters. The second-order valence-electron chi connectivity index (χ2n) is 6.19. The lowest BCUT2D eigenvalue weighted by Crippen LogP contribution is -2.38. The van der Waals surface area contributed by atoms with E-state index >= 15 is 0 Å². The highest BCUT2D eigenvalue weighted by Gasteiger charge is 2.48.